The minimum atomic E-state index is -0.147. The van der Waals surface area contributed by atoms with Crippen molar-refractivity contribution in [3.63, 3.8) is 0 Å². The predicted octanol–water partition coefficient (Wildman–Crippen LogP) is 1.72. The minimum Gasteiger partial charge on any atom is -0.356 e. The van der Waals surface area contributed by atoms with E-state index in [1.54, 1.807) is 6.92 Å². The first kappa shape index (κ1) is 15.9. The molecule has 0 saturated carbocycles. The molecule has 1 N–H and O–H groups in total. The smallest absolute Gasteiger partial charge is 0.227 e. The zero-order valence-corrected chi connectivity index (χ0v) is 13.2. The Kier molecular flexibility index (Phi) is 4.95. The molecule has 124 valence electrons. The molecule has 3 rings (SSSR count). The molecule has 3 aromatic rings. The Bertz CT molecular complexity index is 797. The van der Waals surface area contributed by atoms with Gasteiger partial charge in [-0.15, -0.1) is 0 Å². The third kappa shape index (κ3) is 4.25. The van der Waals surface area contributed by atoms with Crippen LogP contribution in [0.15, 0.2) is 39.4 Å². The third-order valence-corrected chi connectivity index (χ3v) is 3.28. The number of aryl methyl sites for hydroxylation is 2. The summed E-state index contributed by atoms with van der Waals surface area (Å²) in [6.07, 6.45) is 1.41. The van der Waals surface area contributed by atoms with Crippen LogP contribution in [0.2, 0.25) is 0 Å². The van der Waals surface area contributed by atoms with Gasteiger partial charge in [-0.25, -0.2) is 0 Å². The van der Waals surface area contributed by atoms with Crippen molar-refractivity contribution in [2.45, 2.75) is 26.2 Å². The van der Waals surface area contributed by atoms with Crippen LogP contribution < -0.4 is 5.32 Å². The van der Waals surface area contributed by atoms with Crippen LogP contribution in [0.5, 0.6) is 0 Å². The Morgan fingerprint density at radius 3 is 2.71 bits per heavy atom. The lowest BCUT2D eigenvalue weighted by atomic mass is 10.2. The summed E-state index contributed by atoms with van der Waals surface area (Å²) in [4.78, 5) is 20.1. The van der Waals surface area contributed by atoms with Gasteiger partial charge in [-0.1, -0.05) is 40.6 Å². The molecule has 0 spiro atoms. The average Bonchev–Trinajstić information content (AvgIpc) is 3.22. The molecule has 1 aromatic carbocycles. The van der Waals surface area contributed by atoms with Crippen molar-refractivity contribution in [2.75, 3.05) is 6.54 Å². The molecule has 0 bridgehead atoms. The molecule has 8 heteroatoms. The largest absolute Gasteiger partial charge is 0.356 e. The van der Waals surface area contributed by atoms with Crippen LogP contribution in [0.4, 0.5) is 0 Å². The lowest BCUT2D eigenvalue weighted by Crippen LogP contribution is -2.26. The van der Waals surface area contributed by atoms with E-state index in [0.29, 0.717) is 42.8 Å². The highest BCUT2D eigenvalue weighted by molar-refractivity contribution is 5.77. The van der Waals surface area contributed by atoms with Gasteiger partial charge in [0.15, 0.2) is 5.82 Å². The fourth-order valence-corrected chi connectivity index (χ4v) is 2.15. The van der Waals surface area contributed by atoms with Crippen molar-refractivity contribution >= 4 is 5.91 Å². The summed E-state index contributed by atoms with van der Waals surface area (Å²) in [6, 6.07) is 9.63. The SMILES string of the molecule is Cc1nc(CC(=O)NCCCc2nc(-c3ccccc3)no2)no1. The lowest BCUT2D eigenvalue weighted by Gasteiger charge is -2.01. The number of hydrogen-bond acceptors (Lipinski definition) is 7. The summed E-state index contributed by atoms with van der Waals surface area (Å²) in [7, 11) is 0. The molecule has 2 aromatic heterocycles. The molecule has 1 amide bonds. The molecule has 0 atom stereocenters. The van der Waals surface area contributed by atoms with E-state index in [9.17, 15) is 4.79 Å². The van der Waals surface area contributed by atoms with Crippen LogP contribution in [-0.2, 0) is 17.6 Å². The number of nitrogens with zero attached hydrogens (tertiary/aromatic N) is 4. The molecule has 0 aliphatic heterocycles. The summed E-state index contributed by atoms with van der Waals surface area (Å²) in [5.74, 6) is 1.81. The maximum absolute atomic E-state index is 11.7. The van der Waals surface area contributed by atoms with E-state index in [2.05, 4.69) is 25.6 Å². The van der Waals surface area contributed by atoms with Gasteiger partial charge in [0.05, 0.1) is 6.42 Å². The van der Waals surface area contributed by atoms with E-state index in [4.69, 9.17) is 9.05 Å². The summed E-state index contributed by atoms with van der Waals surface area (Å²) in [5, 5.41) is 10.4. The van der Waals surface area contributed by atoms with Gasteiger partial charge in [0.2, 0.25) is 23.5 Å². The van der Waals surface area contributed by atoms with Crippen molar-refractivity contribution in [1.82, 2.24) is 25.6 Å². The molecule has 0 saturated heterocycles. The number of aromatic nitrogens is 4. The summed E-state index contributed by atoms with van der Waals surface area (Å²) in [6.45, 7) is 2.20. The monoisotopic (exact) mass is 327 g/mol. The van der Waals surface area contributed by atoms with Crippen LogP contribution in [0.25, 0.3) is 11.4 Å². The maximum atomic E-state index is 11.7. The van der Waals surface area contributed by atoms with Crippen LogP contribution in [0.3, 0.4) is 0 Å². The highest BCUT2D eigenvalue weighted by Gasteiger charge is 2.10. The Labute approximate surface area is 138 Å². The van der Waals surface area contributed by atoms with Gasteiger partial charge in [-0.2, -0.15) is 9.97 Å². The fourth-order valence-electron chi connectivity index (χ4n) is 2.15. The van der Waals surface area contributed by atoms with E-state index in [0.717, 1.165) is 5.56 Å². The second-order valence-corrected chi connectivity index (χ2v) is 5.24. The highest BCUT2D eigenvalue weighted by atomic mass is 16.5. The quantitative estimate of drug-likeness (QED) is 0.658. The zero-order valence-electron chi connectivity index (χ0n) is 13.2. The Balaban J connectivity index is 1.40. The number of hydrogen-bond donors (Lipinski definition) is 1. The van der Waals surface area contributed by atoms with Gasteiger partial charge in [0.25, 0.3) is 0 Å². The second-order valence-electron chi connectivity index (χ2n) is 5.24. The molecule has 2 heterocycles. The summed E-state index contributed by atoms with van der Waals surface area (Å²) >= 11 is 0. The second kappa shape index (κ2) is 7.49. The van der Waals surface area contributed by atoms with Gasteiger partial charge in [-0.05, 0) is 6.42 Å². The average molecular weight is 327 g/mol. The molecule has 0 aliphatic carbocycles. The maximum Gasteiger partial charge on any atom is 0.227 e. The van der Waals surface area contributed by atoms with Crippen molar-refractivity contribution in [3.05, 3.63) is 47.9 Å². The van der Waals surface area contributed by atoms with Gasteiger partial charge < -0.3 is 14.4 Å². The molecule has 0 aliphatic rings. The molecule has 8 nitrogen and oxygen atoms in total. The van der Waals surface area contributed by atoms with Crippen LogP contribution in [0.1, 0.15) is 24.0 Å². The van der Waals surface area contributed by atoms with Gasteiger partial charge in [-0.3, -0.25) is 4.79 Å². The number of benzene rings is 1. The predicted molar refractivity (Wildman–Crippen MR) is 83.8 cm³/mol. The summed E-state index contributed by atoms with van der Waals surface area (Å²) < 4.78 is 10.0. The standard InChI is InChI=1S/C16H17N5O3/c1-11-18-13(20-23-11)10-14(22)17-9-5-8-15-19-16(21-24-15)12-6-3-2-4-7-12/h2-4,6-7H,5,8-10H2,1H3,(H,17,22). The van der Waals surface area contributed by atoms with E-state index in [1.165, 1.54) is 0 Å². The van der Waals surface area contributed by atoms with Gasteiger partial charge in [0.1, 0.15) is 0 Å². The first-order valence-corrected chi connectivity index (χ1v) is 7.64. The third-order valence-electron chi connectivity index (χ3n) is 3.28. The van der Waals surface area contributed by atoms with E-state index in [1.807, 2.05) is 30.3 Å². The van der Waals surface area contributed by atoms with E-state index in [-0.39, 0.29) is 12.3 Å². The number of carbonyl (C=O) groups is 1. The van der Waals surface area contributed by atoms with E-state index >= 15 is 0 Å². The highest BCUT2D eigenvalue weighted by Crippen LogP contribution is 2.15. The van der Waals surface area contributed by atoms with E-state index < -0.39 is 0 Å². The normalized spacial score (nSPS) is 10.7. The molecular formula is C16H17N5O3. The molecular weight excluding hydrogens is 310 g/mol. The molecule has 0 fully saturated rings. The van der Waals surface area contributed by atoms with Crippen LogP contribution in [-0.4, -0.2) is 32.7 Å². The van der Waals surface area contributed by atoms with Gasteiger partial charge in [0, 0.05) is 25.5 Å². The van der Waals surface area contributed by atoms with Gasteiger partial charge >= 0.3 is 0 Å². The Morgan fingerprint density at radius 1 is 1.12 bits per heavy atom. The number of rotatable bonds is 7. The number of nitrogens with one attached hydrogen (secondary N) is 1. The number of carbonyl (C=O) groups excluding carboxylic acids is 1. The van der Waals surface area contributed by atoms with Crippen molar-refractivity contribution in [3.8, 4) is 11.4 Å². The molecule has 0 radical (unpaired) electrons. The Morgan fingerprint density at radius 2 is 1.96 bits per heavy atom. The number of amides is 1. The minimum absolute atomic E-state index is 0.107. The lowest BCUT2D eigenvalue weighted by molar-refractivity contribution is -0.120. The fraction of sp³-hybridized carbons (Fsp3) is 0.312. The van der Waals surface area contributed by atoms with Crippen molar-refractivity contribution < 1.29 is 13.8 Å². The summed E-state index contributed by atoms with van der Waals surface area (Å²) in [5.41, 5.74) is 0.913. The topological polar surface area (TPSA) is 107 Å². The molecule has 24 heavy (non-hydrogen) atoms. The van der Waals surface area contributed by atoms with Crippen molar-refractivity contribution in [2.24, 2.45) is 0 Å². The molecule has 0 unspecified atom stereocenters. The van der Waals surface area contributed by atoms with Crippen molar-refractivity contribution in [1.29, 1.82) is 0 Å². The zero-order chi connectivity index (χ0) is 16.8. The first-order chi connectivity index (χ1) is 11.7. The Hall–Kier alpha value is -3.03. The first-order valence-electron chi connectivity index (χ1n) is 7.64. The van der Waals surface area contributed by atoms with Crippen LogP contribution >= 0.6 is 0 Å². The van der Waals surface area contributed by atoms with Crippen LogP contribution in [0, 0.1) is 6.92 Å².